The van der Waals surface area contributed by atoms with Gasteiger partial charge in [0.15, 0.2) is 0 Å². The Morgan fingerprint density at radius 3 is 1.79 bits per heavy atom. The van der Waals surface area contributed by atoms with E-state index in [-0.39, 0.29) is 12.3 Å². The van der Waals surface area contributed by atoms with Crippen molar-refractivity contribution in [3.05, 3.63) is 0 Å². The van der Waals surface area contributed by atoms with Crippen LogP contribution < -0.4 is 0 Å². The molecule has 200 valence electrons. The van der Waals surface area contributed by atoms with Crippen LogP contribution in [0.15, 0.2) is 0 Å². The lowest BCUT2D eigenvalue weighted by molar-refractivity contribution is -0.870. The Morgan fingerprint density at radius 1 is 0.848 bits per heavy atom. The zero-order valence-electron chi connectivity index (χ0n) is 22.7. The minimum absolute atomic E-state index is 0.0177. The summed E-state index contributed by atoms with van der Waals surface area (Å²) in [6, 6.07) is 0. The normalized spacial score (nSPS) is 15.0. The van der Waals surface area contributed by atoms with Crippen LogP contribution in [0.4, 0.5) is 0 Å². The van der Waals surface area contributed by atoms with Crippen molar-refractivity contribution in [1.29, 1.82) is 0 Å². The average molecular weight is 511 g/mol. The summed E-state index contributed by atoms with van der Waals surface area (Å²) in [5, 5.41) is 0. The van der Waals surface area contributed by atoms with Crippen molar-refractivity contribution in [2.45, 2.75) is 109 Å². The lowest BCUT2D eigenvalue weighted by atomic mass is 10.0. The fourth-order valence-corrected chi connectivity index (χ4v) is 5.96. The molecule has 0 rings (SSSR count). The molecule has 1 unspecified atom stereocenters. The van der Waals surface area contributed by atoms with E-state index in [2.05, 4.69) is 6.92 Å². The number of quaternary nitrogens is 1. The molecule has 1 N–H and O–H groups in total. The Labute approximate surface area is 210 Å². The lowest BCUT2D eigenvalue weighted by Gasteiger charge is -2.24. The number of nitrogens with zero attached hydrogens (tertiary/aromatic N) is 1. The van der Waals surface area contributed by atoms with Crippen molar-refractivity contribution in [3.8, 4) is 0 Å². The maximum Gasteiger partial charge on any atom is 0.328 e. The highest BCUT2D eigenvalue weighted by atomic mass is 32.2. The topological polar surface area (TPSA) is 55.8 Å². The van der Waals surface area contributed by atoms with E-state index in [9.17, 15) is 9.46 Å². The third-order valence-electron chi connectivity index (χ3n) is 6.07. The summed E-state index contributed by atoms with van der Waals surface area (Å²) in [4.78, 5) is 10.0. The summed E-state index contributed by atoms with van der Waals surface area (Å²) in [6.07, 6.45) is 20.2. The van der Waals surface area contributed by atoms with Gasteiger partial charge >= 0.3 is 7.60 Å². The average Bonchev–Trinajstić information content (AvgIpc) is 2.74. The molecule has 0 aliphatic heterocycles. The van der Waals surface area contributed by atoms with Crippen molar-refractivity contribution < 1.29 is 23.2 Å². The van der Waals surface area contributed by atoms with Crippen LogP contribution in [-0.2, 0) is 13.8 Å². The predicted molar refractivity (Wildman–Crippen MR) is 147 cm³/mol. The third-order valence-corrected chi connectivity index (χ3v) is 8.66. The first-order valence-corrected chi connectivity index (χ1v) is 16.5. The van der Waals surface area contributed by atoms with Crippen LogP contribution in [0.1, 0.15) is 103 Å². The van der Waals surface area contributed by atoms with E-state index < -0.39 is 7.60 Å². The van der Waals surface area contributed by atoms with Crippen LogP contribution in [-0.4, -0.2) is 74.6 Å². The molecule has 7 heteroatoms. The van der Waals surface area contributed by atoms with Gasteiger partial charge in [-0.15, -0.1) is 0 Å². The van der Waals surface area contributed by atoms with Gasteiger partial charge in [0.05, 0.1) is 33.4 Å². The van der Waals surface area contributed by atoms with Gasteiger partial charge in [0.2, 0.25) is 0 Å². The number of hydrogen-bond acceptors (Lipinski definition) is 4. The van der Waals surface area contributed by atoms with Crippen LogP contribution >= 0.6 is 19.4 Å². The second-order valence-corrected chi connectivity index (χ2v) is 13.7. The molecule has 33 heavy (non-hydrogen) atoms. The summed E-state index contributed by atoms with van der Waals surface area (Å²) in [7, 11) is 4.30. The highest BCUT2D eigenvalue weighted by Crippen LogP contribution is 2.42. The first-order valence-electron chi connectivity index (χ1n) is 13.6. The van der Waals surface area contributed by atoms with E-state index in [1.165, 1.54) is 89.9 Å². The molecule has 0 aliphatic rings. The van der Waals surface area contributed by atoms with Gasteiger partial charge in [-0.25, -0.2) is 0 Å². The fraction of sp³-hybridized carbons (Fsp3) is 1.00. The van der Waals surface area contributed by atoms with Crippen molar-refractivity contribution in [2.75, 3.05) is 59.1 Å². The molecule has 0 aromatic rings. The van der Waals surface area contributed by atoms with Crippen LogP contribution in [0.5, 0.6) is 0 Å². The van der Waals surface area contributed by atoms with Crippen LogP contribution in [0.3, 0.4) is 0 Å². The molecule has 0 aromatic heterocycles. The molecule has 0 fully saturated rings. The quantitative estimate of drug-likeness (QED) is 0.0782. The number of hydrogen-bond donors (Lipinski definition) is 1. The van der Waals surface area contributed by atoms with E-state index in [1.54, 1.807) is 7.11 Å². The van der Waals surface area contributed by atoms with Gasteiger partial charge in [-0.3, -0.25) is 4.57 Å². The number of thioether (sulfide) groups is 1. The minimum Gasteiger partial charge on any atom is -0.381 e. The van der Waals surface area contributed by atoms with Gasteiger partial charge in [-0.2, -0.15) is 11.8 Å². The number of ether oxygens (including phenoxy) is 1. The highest BCUT2D eigenvalue weighted by molar-refractivity contribution is 7.99. The fourth-order valence-electron chi connectivity index (χ4n) is 3.71. The first-order chi connectivity index (χ1) is 15.7. The molecular formula is C26H57NO4PS+. The van der Waals surface area contributed by atoms with Gasteiger partial charge < -0.3 is 18.6 Å². The van der Waals surface area contributed by atoms with Gasteiger partial charge in [0.1, 0.15) is 13.2 Å². The van der Waals surface area contributed by atoms with E-state index in [0.717, 1.165) is 16.0 Å². The van der Waals surface area contributed by atoms with Gasteiger partial charge in [0, 0.05) is 12.9 Å². The van der Waals surface area contributed by atoms with Gasteiger partial charge in [0.25, 0.3) is 0 Å². The molecule has 0 aliphatic carbocycles. The van der Waals surface area contributed by atoms with Crippen LogP contribution in [0.25, 0.3) is 0 Å². The van der Waals surface area contributed by atoms with Crippen LogP contribution in [0, 0.1) is 0 Å². The second-order valence-electron chi connectivity index (χ2n) is 10.5. The largest absolute Gasteiger partial charge is 0.381 e. The smallest absolute Gasteiger partial charge is 0.328 e. The molecule has 0 radical (unpaired) electrons. The minimum atomic E-state index is -3.52. The summed E-state index contributed by atoms with van der Waals surface area (Å²) in [6.45, 7) is 3.30. The molecule has 2 atom stereocenters. The lowest BCUT2D eigenvalue weighted by Crippen LogP contribution is -2.37. The molecular weight excluding hydrogens is 453 g/mol. The standard InChI is InChI=1S/C26H56NO4PS/c1-6-7-8-9-10-11-12-13-14-15-16-17-18-19-24-33-25-26(30-5)20-23-32(28,29)31-22-21-27(2,3)4/h26H,6-25H2,1-5H3/p+1/t26-/m0/s1. The zero-order chi connectivity index (χ0) is 24.8. The summed E-state index contributed by atoms with van der Waals surface area (Å²) < 4.78 is 23.7. The Morgan fingerprint density at radius 2 is 1.33 bits per heavy atom. The van der Waals surface area contributed by atoms with Crippen molar-refractivity contribution in [3.63, 3.8) is 0 Å². The Balaban J connectivity index is 3.53. The van der Waals surface area contributed by atoms with E-state index in [0.29, 0.717) is 19.6 Å². The van der Waals surface area contributed by atoms with Crippen molar-refractivity contribution in [1.82, 2.24) is 0 Å². The SMILES string of the molecule is CCCCCCCCCCCCCCCCSC[C@H](CCP(=O)(O)OCC[N+](C)(C)C)OC. The monoisotopic (exact) mass is 510 g/mol. The summed E-state index contributed by atoms with van der Waals surface area (Å²) in [5.41, 5.74) is 0. The molecule has 0 saturated heterocycles. The number of unbranched alkanes of at least 4 members (excludes halogenated alkanes) is 13. The Kier molecular flexibility index (Phi) is 22.0. The van der Waals surface area contributed by atoms with Gasteiger partial charge in [-0.1, -0.05) is 90.4 Å². The van der Waals surface area contributed by atoms with Crippen LogP contribution in [0.2, 0.25) is 0 Å². The molecule has 0 aromatic carbocycles. The van der Waals surface area contributed by atoms with E-state index >= 15 is 0 Å². The predicted octanol–water partition coefficient (Wildman–Crippen LogP) is 7.51. The van der Waals surface area contributed by atoms with Crippen molar-refractivity contribution >= 4 is 19.4 Å². The number of rotatable bonds is 25. The third kappa shape index (κ3) is 25.3. The Hall–Kier alpha value is 0.420. The molecule has 0 bridgehead atoms. The number of likely N-dealkylation sites (N-methyl/N-ethyl adjacent to an activating group) is 1. The first kappa shape index (κ1) is 33.4. The second kappa shape index (κ2) is 21.7. The maximum atomic E-state index is 12.2. The zero-order valence-corrected chi connectivity index (χ0v) is 24.4. The molecule has 0 amide bonds. The molecule has 0 heterocycles. The number of methoxy groups -OCH3 is 1. The van der Waals surface area contributed by atoms with E-state index in [4.69, 9.17) is 9.26 Å². The van der Waals surface area contributed by atoms with Crippen molar-refractivity contribution in [2.24, 2.45) is 0 Å². The molecule has 0 spiro atoms. The van der Waals surface area contributed by atoms with E-state index in [1.807, 2.05) is 32.9 Å². The van der Waals surface area contributed by atoms with Gasteiger partial charge in [-0.05, 0) is 18.6 Å². The molecule has 5 nitrogen and oxygen atoms in total. The summed E-state index contributed by atoms with van der Waals surface area (Å²) >= 11 is 1.90. The Bertz CT molecular complexity index is 474. The maximum absolute atomic E-state index is 12.2. The summed E-state index contributed by atoms with van der Waals surface area (Å²) in [5.74, 6) is 2.03. The molecule has 0 saturated carbocycles. The highest BCUT2D eigenvalue weighted by Gasteiger charge is 2.23.